The molecule has 168 valence electrons. The monoisotopic (exact) mass is 436 g/mol. The second kappa shape index (κ2) is 8.39. The van der Waals surface area contributed by atoms with Crippen LogP contribution in [0.4, 0.5) is 0 Å². The summed E-state index contributed by atoms with van der Waals surface area (Å²) in [4.78, 5) is 6.49. The molecule has 0 amide bonds. The lowest BCUT2D eigenvalue weighted by atomic mass is 9.58. The first-order valence-corrected chi connectivity index (χ1v) is 12.2. The predicted molar refractivity (Wildman–Crippen MR) is 135 cm³/mol. The smallest absolute Gasteiger partial charge is 0.119 e. The molecule has 1 aromatic heterocycles. The van der Waals surface area contributed by atoms with Gasteiger partial charge in [-0.05, 0) is 73.0 Å². The van der Waals surface area contributed by atoms with Crippen molar-refractivity contribution in [3.63, 3.8) is 0 Å². The molecule has 6 rings (SSSR count). The Kier molecular flexibility index (Phi) is 5.22. The Morgan fingerprint density at radius 3 is 2.73 bits per heavy atom. The van der Waals surface area contributed by atoms with Gasteiger partial charge in [-0.3, -0.25) is 0 Å². The van der Waals surface area contributed by atoms with Crippen LogP contribution in [-0.4, -0.2) is 36.6 Å². The molecule has 0 spiro atoms. The number of rotatable bonds is 5. The van der Waals surface area contributed by atoms with Gasteiger partial charge in [-0.2, -0.15) is 0 Å². The van der Waals surface area contributed by atoms with Crippen molar-refractivity contribution in [3.05, 3.63) is 101 Å². The Morgan fingerprint density at radius 2 is 1.85 bits per heavy atom. The number of hydrogen-bond acceptors (Lipinski definition) is 2. The standard InChI is InChI=1S/C30H32N2O/c1-33-25-11-7-10-23(18-25)30-15-17-32(16-14-22-8-3-2-4-9-22)21-24(30)19-27-26-12-5-6-13-28(26)31-29(27)20-30/h2-13,18,24,31H,14-17,19-21H2,1H3/t24?,30-/m1/s1. The van der Waals surface area contributed by atoms with E-state index in [-0.39, 0.29) is 5.41 Å². The van der Waals surface area contributed by atoms with Crippen LogP contribution in [0, 0.1) is 5.92 Å². The van der Waals surface area contributed by atoms with Crippen LogP contribution < -0.4 is 4.74 Å². The molecule has 4 aromatic rings. The second-order valence-electron chi connectivity index (χ2n) is 9.88. The Morgan fingerprint density at radius 1 is 1.00 bits per heavy atom. The van der Waals surface area contributed by atoms with E-state index in [1.807, 2.05) is 0 Å². The van der Waals surface area contributed by atoms with Crippen LogP contribution in [0.15, 0.2) is 78.9 Å². The van der Waals surface area contributed by atoms with E-state index in [0.29, 0.717) is 5.92 Å². The first kappa shape index (κ1) is 20.6. The molecule has 33 heavy (non-hydrogen) atoms. The van der Waals surface area contributed by atoms with Gasteiger partial charge >= 0.3 is 0 Å². The number of likely N-dealkylation sites (tertiary alicyclic amines) is 1. The SMILES string of the molecule is COc1cccc([C@]23CCN(CCc4ccccc4)CC2Cc2c([nH]c4ccccc24)C3)c1. The molecular weight excluding hydrogens is 404 g/mol. The minimum Gasteiger partial charge on any atom is -0.497 e. The third-order valence-corrected chi connectivity index (χ3v) is 8.18. The first-order chi connectivity index (χ1) is 16.2. The number of para-hydroxylation sites is 1. The zero-order chi connectivity index (χ0) is 22.3. The van der Waals surface area contributed by atoms with Gasteiger partial charge in [0.15, 0.2) is 0 Å². The van der Waals surface area contributed by atoms with Crippen molar-refractivity contribution in [1.82, 2.24) is 9.88 Å². The van der Waals surface area contributed by atoms with Crippen molar-refractivity contribution in [1.29, 1.82) is 0 Å². The van der Waals surface area contributed by atoms with Gasteiger partial charge in [0, 0.05) is 35.1 Å². The third kappa shape index (κ3) is 3.65. The summed E-state index contributed by atoms with van der Waals surface area (Å²) < 4.78 is 5.63. The molecule has 0 saturated carbocycles. The molecule has 2 atom stereocenters. The quantitative estimate of drug-likeness (QED) is 0.430. The van der Waals surface area contributed by atoms with E-state index >= 15 is 0 Å². The number of nitrogens with one attached hydrogen (secondary N) is 1. The summed E-state index contributed by atoms with van der Waals surface area (Å²) in [6, 6.07) is 28.6. The molecule has 2 aliphatic rings. The van der Waals surface area contributed by atoms with Gasteiger partial charge in [-0.15, -0.1) is 0 Å². The van der Waals surface area contributed by atoms with E-state index in [0.717, 1.165) is 44.6 Å². The maximum Gasteiger partial charge on any atom is 0.119 e. The van der Waals surface area contributed by atoms with Gasteiger partial charge in [-0.1, -0.05) is 60.7 Å². The Labute approximate surface area is 196 Å². The van der Waals surface area contributed by atoms with Crippen LogP contribution in [0.5, 0.6) is 5.75 Å². The molecule has 1 saturated heterocycles. The molecule has 0 bridgehead atoms. The zero-order valence-corrected chi connectivity index (χ0v) is 19.4. The van der Waals surface area contributed by atoms with E-state index in [2.05, 4.69) is 88.7 Å². The van der Waals surface area contributed by atoms with Gasteiger partial charge in [-0.25, -0.2) is 0 Å². The van der Waals surface area contributed by atoms with E-state index < -0.39 is 0 Å². The number of aromatic amines is 1. The highest BCUT2D eigenvalue weighted by Gasteiger charge is 2.48. The van der Waals surface area contributed by atoms with Crippen molar-refractivity contribution >= 4 is 10.9 Å². The Bertz CT molecular complexity index is 1260. The van der Waals surface area contributed by atoms with Crippen LogP contribution in [-0.2, 0) is 24.7 Å². The van der Waals surface area contributed by atoms with Gasteiger partial charge in [0.1, 0.15) is 5.75 Å². The van der Waals surface area contributed by atoms with Crippen molar-refractivity contribution in [2.45, 2.75) is 31.1 Å². The summed E-state index contributed by atoms with van der Waals surface area (Å²) in [5.41, 5.74) is 7.30. The largest absolute Gasteiger partial charge is 0.497 e. The van der Waals surface area contributed by atoms with E-state index in [9.17, 15) is 0 Å². The summed E-state index contributed by atoms with van der Waals surface area (Å²) in [7, 11) is 1.77. The Hall–Kier alpha value is -3.04. The number of piperidine rings is 1. The molecule has 0 radical (unpaired) electrons. The Balaban J connectivity index is 1.35. The third-order valence-electron chi connectivity index (χ3n) is 8.18. The fraction of sp³-hybridized carbons (Fsp3) is 0.333. The topological polar surface area (TPSA) is 28.3 Å². The predicted octanol–water partition coefficient (Wildman–Crippen LogP) is 5.78. The maximum atomic E-state index is 5.63. The molecule has 1 unspecified atom stereocenters. The van der Waals surface area contributed by atoms with E-state index in [1.165, 1.54) is 34.1 Å². The van der Waals surface area contributed by atoms with Crippen molar-refractivity contribution < 1.29 is 4.74 Å². The number of H-pyrrole nitrogens is 1. The zero-order valence-electron chi connectivity index (χ0n) is 19.4. The van der Waals surface area contributed by atoms with E-state index in [1.54, 1.807) is 12.7 Å². The summed E-state index contributed by atoms with van der Waals surface area (Å²) in [6.07, 6.45) is 4.53. The lowest BCUT2D eigenvalue weighted by Gasteiger charge is -2.51. The molecular formula is C30H32N2O. The highest BCUT2D eigenvalue weighted by Crippen LogP contribution is 2.49. The highest BCUT2D eigenvalue weighted by molar-refractivity contribution is 5.85. The van der Waals surface area contributed by atoms with Gasteiger partial charge < -0.3 is 14.6 Å². The number of ether oxygens (including phenoxy) is 1. The average Bonchev–Trinajstić information content (AvgIpc) is 3.23. The summed E-state index contributed by atoms with van der Waals surface area (Å²) in [5.74, 6) is 1.57. The molecule has 1 aliphatic heterocycles. The fourth-order valence-corrected chi connectivity index (χ4v) is 6.38. The maximum absolute atomic E-state index is 5.63. The minimum absolute atomic E-state index is 0.158. The molecule has 3 aromatic carbocycles. The normalized spacial score (nSPS) is 22.6. The minimum atomic E-state index is 0.158. The van der Waals surface area contributed by atoms with Crippen LogP contribution >= 0.6 is 0 Å². The van der Waals surface area contributed by atoms with Crippen LogP contribution in [0.1, 0.15) is 28.8 Å². The van der Waals surface area contributed by atoms with Crippen LogP contribution in [0.3, 0.4) is 0 Å². The number of methoxy groups -OCH3 is 1. The number of benzene rings is 3. The summed E-state index contributed by atoms with van der Waals surface area (Å²) >= 11 is 0. The highest BCUT2D eigenvalue weighted by atomic mass is 16.5. The summed E-state index contributed by atoms with van der Waals surface area (Å²) in [5, 5.41) is 1.41. The summed E-state index contributed by atoms with van der Waals surface area (Å²) in [6.45, 7) is 3.44. The van der Waals surface area contributed by atoms with Gasteiger partial charge in [0.2, 0.25) is 0 Å². The number of nitrogens with zero attached hydrogens (tertiary/aromatic N) is 1. The molecule has 2 heterocycles. The number of aromatic nitrogens is 1. The molecule has 3 nitrogen and oxygen atoms in total. The number of hydrogen-bond donors (Lipinski definition) is 1. The first-order valence-electron chi connectivity index (χ1n) is 12.2. The molecule has 3 heteroatoms. The van der Waals surface area contributed by atoms with Gasteiger partial charge in [0.25, 0.3) is 0 Å². The van der Waals surface area contributed by atoms with Crippen LogP contribution in [0.2, 0.25) is 0 Å². The number of fused-ring (bicyclic) bond motifs is 4. The van der Waals surface area contributed by atoms with Crippen molar-refractivity contribution in [2.75, 3.05) is 26.7 Å². The fourth-order valence-electron chi connectivity index (χ4n) is 6.38. The van der Waals surface area contributed by atoms with E-state index in [4.69, 9.17) is 4.74 Å². The van der Waals surface area contributed by atoms with Crippen molar-refractivity contribution in [2.24, 2.45) is 5.92 Å². The van der Waals surface area contributed by atoms with Gasteiger partial charge in [0.05, 0.1) is 7.11 Å². The lowest BCUT2D eigenvalue weighted by Crippen LogP contribution is -2.54. The molecule has 1 fully saturated rings. The average molecular weight is 437 g/mol. The second-order valence-corrected chi connectivity index (χ2v) is 9.88. The van der Waals surface area contributed by atoms with Crippen molar-refractivity contribution in [3.8, 4) is 5.75 Å². The van der Waals surface area contributed by atoms with Crippen LogP contribution in [0.25, 0.3) is 10.9 Å². The molecule has 1 aliphatic carbocycles. The lowest BCUT2D eigenvalue weighted by molar-refractivity contribution is 0.0822. The molecule has 1 N–H and O–H groups in total.